The SMILES string of the molecule is CCCNC(C1=CCCCC1)c1ccn(C)n1. The number of nitrogens with one attached hydrogen (secondary N) is 1. The quantitative estimate of drug-likeness (QED) is 0.792. The van der Waals surface area contributed by atoms with E-state index in [1.165, 1.54) is 31.3 Å². The van der Waals surface area contributed by atoms with Crippen LogP contribution in [0.1, 0.15) is 50.8 Å². The van der Waals surface area contributed by atoms with E-state index < -0.39 is 0 Å². The van der Waals surface area contributed by atoms with E-state index in [9.17, 15) is 0 Å². The van der Waals surface area contributed by atoms with E-state index in [2.05, 4.69) is 29.5 Å². The Labute approximate surface area is 104 Å². The Bertz CT molecular complexity index is 379. The molecule has 17 heavy (non-hydrogen) atoms. The molecule has 0 amide bonds. The van der Waals surface area contributed by atoms with Crippen molar-refractivity contribution in [2.45, 2.75) is 45.1 Å². The summed E-state index contributed by atoms with van der Waals surface area (Å²) in [5.74, 6) is 0. The Morgan fingerprint density at radius 3 is 2.94 bits per heavy atom. The Morgan fingerprint density at radius 1 is 1.47 bits per heavy atom. The summed E-state index contributed by atoms with van der Waals surface area (Å²) in [5.41, 5.74) is 2.69. The van der Waals surface area contributed by atoms with Crippen molar-refractivity contribution in [3.8, 4) is 0 Å². The largest absolute Gasteiger partial charge is 0.305 e. The fourth-order valence-electron chi connectivity index (χ4n) is 2.43. The van der Waals surface area contributed by atoms with Gasteiger partial charge in [-0.05, 0) is 44.7 Å². The highest BCUT2D eigenvalue weighted by Gasteiger charge is 2.19. The lowest BCUT2D eigenvalue weighted by molar-refractivity contribution is 0.531. The first-order chi connectivity index (χ1) is 8.31. The van der Waals surface area contributed by atoms with Gasteiger partial charge in [0.1, 0.15) is 0 Å². The second-order valence-corrected chi connectivity index (χ2v) is 4.83. The van der Waals surface area contributed by atoms with Gasteiger partial charge >= 0.3 is 0 Å². The summed E-state index contributed by atoms with van der Waals surface area (Å²) in [7, 11) is 1.98. The fourth-order valence-corrected chi connectivity index (χ4v) is 2.43. The summed E-state index contributed by atoms with van der Waals surface area (Å²) < 4.78 is 1.89. The smallest absolute Gasteiger partial charge is 0.0835 e. The summed E-state index contributed by atoms with van der Waals surface area (Å²) >= 11 is 0. The molecule has 0 spiro atoms. The molecular weight excluding hydrogens is 210 g/mol. The number of nitrogens with zero attached hydrogens (tertiary/aromatic N) is 2. The summed E-state index contributed by atoms with van der Waals surface area (Å²) in [4.78, 5) is 0. The van der Waals surface area contributed by atoms with Gasteiger partial charge in [0.25, 0.3) is 0 Å². The second kappa shape index (κ2) is 6.01. The van der Waals surface area contributed by atoms with Crippen LogP contribution in [-0.2, 0) is 7.05 Å². The molecule has 1 heterocycles. The first-order valence-corrected chi connectivity index (χ1v) is 6.73. The van der Waals surface area contributed by atoms with Crippen LogP contribution in [0, 0.1) is 0 Å². The number of allylic oxidation sites excluding steroid dienone is 1. The Kier molecular flexibility index (Phi) is 4.37. The van der Waals surface area contributed by atoms with Gasteiger partial charge in [-0.3, -0.25) is 4.68 Å². The topological polar surface area (TPSA) is 29.9 Å². The van der Waals surface area contributed by atoms with E-state index >= 15 is 0 Å². The number of aromatic nitrogens is 2. The van der Waals surface area contributed by atoms with Gasteiger partial charge < -0.3 is 5.32 Å². The molecule has 0 bridgehead atoms. The van der Waals surface area contributed by atoms with Gasteiger partial charge in [0.2, 0.25) is 0 Å². The van der Waals surface area contributed by atoms with Crippen LogP contribution in [0.15, 0.2) is 23.9 Å². The number of hydrogen-bond donors (Lipinski definition) is 1. The Balaban J connectivity index is 2.15. The van der Waals surface area contributed by atoms with Crippen LogP contribution in [0.2, 0.25) is 0 Å². The van der Waals surface area contributed by atoms with Crippen LogP contribution in [0.4, 0.5) is 0 Å². The van der Waals surface area contributed by atoms with E-state index in [1.54, 1.807) is 0 Å². The standard InChI is InChI=1S/C14H23N3/c1-3-10-15-14(12-7-5-4-6-8-12)13-9-11-17(2)16-13/h7,9,11,14-15H,3-6,8,10H2,1-2H3. The average molecular weight is 233 g/mol. The molecule has 0 fully saturated rings. The molecule has 0 saturated carbocycles. The third-order valence-electron chi connectivity index (χ3n) is 3.33. The van der Waals surface area contributed by atoms with Gasteiger partial charge in [-0.25, -0.2) is 0 Å². The normalized spacial score (nSPS) is 17.9. The number of hydrogen-bond acceptors (Lipinski definition) is 2. The van der Waals surface area contributed by atoms with E-state index in [1.807, 2.05) is 17.9 Å². The Hall–Kier alpha value is -1.09. The molecule has 1 aromatic heterocycles. The second-order valence-electron chi connectivity index (χ2n) is 4.83. The number of rotatable bonds is 5. The van der Waals surface area contributed by atoms with Crippen molar-refractivity contribution in [2.24, 2.45) is 7.05 Å². The van der Waals surface area contributed by atoms with Crippen LogP contribution < -0.4 is 5.32 Å². The maximum absolute atomic E-state index is 4.55. The molecular formula is C14H23N3. The lowest BCUT2D eigenvalue weighted by Crippen LogP contribution is -2.25. The van der Waals surface area contributed by atoms with Crippen LogP contribution in [0.25, 0.3) is 0 Å². The molecule has 1 N–H and O–H groups in total. The molecule has 3 heteroatoms. The molecule has 0 saturated heterocycles. The zero-order valence-corrected chi connectivity index (χ0v) is 10.9. The molecule has 1 aliphatic rings. The maximum Gasteiger partial charge on any atom is 0.0835 e. The minimum absolute atomic E-state index is 0.330. The molecule has 1 unspecified atom stereocenters. The summed E-state index contributed by atoms with van der Waals surface area (Å²) in [6.07, 6.45) is 10.7. The molecule has 3 nitrogen and oxygen atoms in total. The highest BCUT2D eigenvalue weighted by molar-refractivity contribution is 5.22. The predicted molar refractivity (Wildman–Crippen MR) is 70.8 cm³/mol. The summed E-state index contributed by atoms with van der Waals surface area (Å²) in [6.45, 7) is 3.26. The third-order valence-corrected chi connectivity index (χ3v) is 3.33. The molecule has 1 aliphatic carbocycles. The van der Waals surface area contributed by atoms with Crippen molar-refractivity contribution in [1.82, 2.24) is 15.1 Å². The van der Waals surface area contributed by atoms with Crippen molar-refractivity contribution in [2.75, 3.05) is 6.54 Å². The summed E-state index contributed by atoms with van der Waals surface area (Å²) in [6, 6.07) is 2.46. The van der Waals surface area contributed by atoms with Gasteiger partial charge in [-0.15, -0.1) is 0 Å². The van der Waals surface area contributed by atoms with E-state index in [-0.39, 0.29) is 0 Å². The zero-order valence-electron chi connectivity index (χ0n) is 10.9. The van der Waals surface area contributed by atoms with Crippen molar-refractivity contribution in [1.29, 1.82) is 0 Å². The average Bonchev–Trinajstić information content (AvgIpc) is 2.78. The van der Waals surface area contributed by atoms with E-state index in [0.29, 0.717) is 6.04 Å². The summed E-state index contributed by atoms with van der Waals surface area (Å²) in [5, 5.41) is 8.18. The maximum atomic E-state index is 4.55. The van der Waals surface area contributed by atoms with E-state index in [4.69, 9.17) is 0 Å². The van der Waals surface area contributed by atoms with Crippen molar-refractivity contribution < 1.29 is 0 Å². The highest BCUT2D eigenvalue weighted by Crippen LogP contribution is 2.28. The van der Waals surface area contributed by atoms with Crippen LogP contribution in [-0.4, -0.2) is 16.3 Å². The lowest BCUT2D eigenvalue weighted by Gasteiger charge is -2.23. The minimum Gasteiger partial charge on any atom is -0.305 e. The number of aryl methyl sites for hydroxylation is 1. The van der Waals surface area contributed by atoms with Crippen molar-refractivity contribution >= 4 is 0 Å². The molecule has 0 aromatic carbocycles. The molecule has 2 rings (SSSR count). The predicted octanol–water partition coefficient (Wildman–Crippen LogP) is 2.96. The van der Waals surface area contributed by atoms with Gasteiger partial charge in [-0.1, -0.05) is 18.6 Å². The molecule has 94 valence electrons. The van der Waals surface area contributed by atoms with Crippen LogP contribution in [0.5, 0.6) is 0 Å². The zero-order chi connectivity index (χ0) is 12.1. The van der Waals surface area contributed by atoms with Gasteiger partial charge in [-0.2, -0.15) is 5.10 Å². The van der Waals surface area contributed by atoms with E-state index in [0.717, 1.165) is 18.7 Å². The molecule has 0 aliphatic heterocycles. The highest BCUT2D eigenvalue weighted by atomic mass is 15.3. The first kappa shape index (κ1) is 12.4. The minimum atomic E-state index is 0.330. The molecule has 1 aromatic rings. The van der Waals surface area contributed by atoms with Gasteiger partial charge in [0.05, 0.1) is 11.7 Å². The van der Waals surface area contributed by atoms with Gasteiger partial charge in [0, 0.05) is 13.2 Å². The molecule has 1 atom stereocenters. The van der Waals surface area contributed by atoms with Crippen molar-refractivity contribution in [3.63, 3.8) is 0 Å². The van der Waals surface area contributed by atoms with Crippen LogP contribution >= 0.6 is 0 Å². The monoisotopic (exact) mass is 233 g/mol. The third kappa shape index (κ3) is 3.19. The van der Waals surface area contributed by atoms with Crippen molar-refractivity contribution in [3.05, 3.63) is 29.6 Å². The molecule has 0 radical (unpaired) electrons. The van der Waals surface area contributed by atoms with Gasteiger partial charge in [0.15, 0.2) is 0 Å². The first-order valence-electron chi connectivity index (χ1n) is 6.73. The Morgan fingerprint density at radius 2 is 2.35 bits per heavy atom. The van der Waals surface area contributed by atoms with Crippen LogP contribution in [0.3, 0.4) is 0 Å². The fraction of sp³-hybridized carbons (Fsp3) is 0.643. The lowest BCUT2D eigenvalue weighted by atomic mass is 9.92.